The van der Waals surface area contributed by atoms with Gasteiger partial charge in [-0.3, -0.25) is 9.59 Å². The van der Waals surface area contributed by atoms with Gasteiger partial charge in [-0.2, -0.15) is 0 Å². The molecule has 0 aromatic carbocycles. The molecule has 2 amide bonds. The summed E-state index contributed by atoms with van der Waals surface area (Å²) in [6, 6.07) is 1.46. The number of amides is 2. The van der Waals surface area contributed by atoms with Gasteiger partial charge in [-0.25, -0.2) is 0 Å². The Hall–Kier alpha value is -2.04. The van der Waals surface area contributed by atoms with Gasteiger partial charge in [-0.15, -0.1) is 0 Å². The van der Waals surface area contributed by atoms with Crippen LogP contribution in [0.4, 0.5) is 0 Å². The molecule has 96 valence electrons. The number of carbonyl (C=O) groups excluding carboxylic acids is 2. The maximum absolute atomic E-state index is 12.0. The Morgan fingerprint density at radius 1 is 1.39 bits per heavy atom. The number of carbonyl (C=O) groups is 2. The third kappa shape index (κ3) is 2.45. The fourth-order valence-electron chi connectivity index (χ4n) is 2.13. The summed E-state index contributed by atoms with van der Waals surface area (Å²) >= 11 is 0. The number of hydrogen-bond acceptors (Lipinski definition) is 3. The van der Waals surface area contributed by atoms with Gasteiger partial charge < -0.3 is 15.5 Å². The molecule has 1 aliphatic rings. The van der Waals surface area contributed by atoms with Crippen LogP contribution in [0.5, 0.6) is 0 Å². The van der Waals surface area contributed by atoms with Crippen molar-refractivity contribution in [1.82, 2.24) is 5.32 Å². The Morgan fingerprint density at radius 2 is 2.11 bits per heavy atom. The molecule has 2 rings (SSSR count). The fraction of sp³-hybridized carbons (Fsp3) is 0.385. The lowest BCUT2D eigenvalue weighted by Crippen LogP contribution is -2.46. The molecule has 1 aromatic heterocycles. The first kappa shape index (κ1) is 12.4. The van der Waals surface area contributed by atoms with Crippen LogP contribution in [0.3, 0.4) is 0 Å². The average Bonchev–Trinajstić information content (AvgIpc) is 2.76. The van der Waals surface area contributed by atoms with Crippen LogP contribution < -0.4 is 11.1 Å². The second-order valence-corrected chi connectivity index (χ2v) is 4.46. The summed E-state index contributed by atoms with van der Waals surface area (Å²) in [5.41, 5.74) is 6.11. The lowest BCUT2D eigenvalue weighted by atomic mass is 9.88. The summed E-state index contributed by atoms with van der Waals surface area (Å²) < 4.78 is 5.12. The van der Waals surface area contributed by atoms with Crippen LogP contribution in [0, 0.1) is 12.8 Å². The zero-order chi connectivity index (χ0) is 13.1. The van der Waals surface area contributed by atoms with E-state index >= 15 is 0 Å². The van der Waals surface area contributed by atoms with Crippen molar-refractivity contribution in [2.75, 3.05) is 0 Å². The minimum absolute atomic E-state index is 0.260. The van der Waals surface area contributed by atoms with E-state index in [2.05, 4.69) is 5.32 Å². The number of nitrogens with two attached hydrogens (primary N) is 1. The van der Waals surface area contributed by atoms with Crippen molar-refractivity contribution in [1.29, 1.82) is 0 Å². The van der Waals surface area contributed by atoms with Gasteiger partial charge in [0.15, 0.2) is 5.76 Å². The van der Waals surface area contributed by atoms with Crippen LogP contribution in [-0.2, 0) is 4.79 Å². The van der Waals surface area contributed by atoms with Crippen LogP contribution >= 0.6 is 0 Å². The molecule has 0 aliphatic heterocycles. The first-order valence-electron chi connectivity index (χ1n) is 5.89. The molecule has 0 unspecified atom stereocenters. The molecule has 0 saturated heterocycles. The van der Waals surface area contributed by atoms with E-state index in [1.165, 1.54) is 6.26 Å². The van der Waals surface area contributed by atoms with E-state index in [1.807, 2.05) is 12.2 Å². The van der Waals surface area contributed by atoms with E-state index in [9.17, 15) is 9.59 Å². The monoisotopic (exact) mass is 248 g/mol. The van der Waals surface area contributed by atoms with Gasteiger partial charge in [0.1, 0.15) is 0 Å². The van der Waals surface area contributed by atoms with E-state index in [4.69, 9.17) is 10.2 Å². The quantitative estimate of drug-likeness (QED) is 0.786. The van der Waals surface area contributed by atoms with Gasteiger partial charge in [-0.1, -0.05) is 12.2 Å². The van der Waals surface area contributed by atoms with Gasteiger partial charge in [0.2, 0.25) is 5.91 Å². The molecule has 1 aromatic rings. The number of aryl methyl sites for hydroxylation is 1. The van der Waals surface area contributed by atoms with E-state index < -0.39 is 0 Å². The van der Waals surface area contributed by atoms with Crippen LogP contribution in [-0.4, -0.2) is 17.9 Å². The van der Waals surface area contributed by atoms with Crippen LogP contribution in [0.1, 0.15) is 29.0 Å². The van der Waals surface area contributed by atoms with Crippen molar-refractivity contribution in [2.24, 2.45) is 11.7 Å². The molecule has 18 heavy (non-hydrogen) atoms. The number of nitrogens with one attached hydrogen (secondary N) is 1. The molecule has 2 atom stereocenters. The Balaban J connectivity index is 2.08. The number of hydrogen-bond donors (Lipinski definition) is 2. The Morgan fingerprint density at radius 3 is 2.72 bits per heavy atom. The van der Waals surface area contributed by atoms with Crippen molar-refractivity contribution in [3.63, 3.8) is 0 Å². The molecule has 0 bridgehead atoms. The molecular weight excluding hydrogens is 232 g/mol. The minimum Gasteiger partial charge on any atom is -0.459 e. The van der Waals surface area contributed by atoms with Crippen molar-refractivity contribution in [2.45, 2.75) is 25.8 Å². The molecule has 0 fully saturated rings. The maximum Gasteiger partial charge on any atom is 0.287 e. The van der Waals surface area contributed by atoms with Crippen LogP contribution in [0.2, 0.25) is 0 Å². The topological polar surface area (TPSA) is 85.3 Å². The molecule has 5 heteroatoms. The number of primary amides is 1. The largest absolute Gasteiger partial charge is 0.459 e. The van der Waals surface area contributed by atoms with E-state index in [1.54, 1.807) is 13.0 Å². The molecule has 0 radical (unpaired) electrons. The molecule has 1 heterocycles. The maximum atomic E-state index is 12.0. The second kappa shape index (κ2) is 5.08. The molecular formula is C13H16N2O3. The highest BCUT2D eigenvalue weighted by Crippen LogP contribution is 2.19. The lowest BCUT2D eigenvalue weighted by Gasteiger charge is -2.26. The van der Waals surface area contributed by atoms with Crippen molar-refractivity contribution < 1.29 is 14.0 Å². The zero-order valence-corrected chi connectivity index (χ0v) is 10.2. The summed E-state index contributed by atoms with van der Waals surface area (Å²) in [6.45, 7) is 1.80. The third-order valence-corrected chi connectivity index (χ3v) is 3.18. The van der Waals surface area contributed by atoms with Gasteiger partial charge >= 0.3 is 0 Å². The zero-order valence-electron chi connectivity index (χ0n) is 10.2. The Labute approximate surface area is 105 Å². The Bertz CT molecular complexity index is 490. The van der Waals surface area contributed by atoms with Gasteiger partial charge in [0.05, 0.1) is 12.2 Å². The van der Waals surface area contributed by atoms with Gasteiger partial charge in [0.25, 0.3) is 5.91 Å². The smallest absolute Gasteiger partial charge is 0.287 e. The number of furan rings is 1. The van der Waals surface area contributed by atoms with Crippen LogP contribution in [0.25, 0.3) is 0 Å². The van der Waals surface area contributed by atoms with E-state index in [0.29, 0.717) is 12.8 Å². The Kier molecular flexibility index (Phi) is 3.50. The normalized spacial score (nSPS) is 22.7. The molecule has 0 saturated carbocycles. The molecule has 3 N–H and O–H groups in total. The fourth-order valence-corrected chi connectivity index (χ4v) is 2.13. The molecule has 5 nitrogen and oxygen atoms in total. The predicted octanol–water partition coefficient (Wildman–Crippen LogP) is 1.14. The summed E-state index contributed by atoms with van der Waals surface area (Å²) in [5, 5.41) is 2.81. The first-order chi connectivity index (χ1) is 8.59. The number of rotatable bonds is 3. The highest BCUT2D eigenvalue weighted by atomic mass is 16.3. The van der Waals surface area contributed by atoms with E-state index in [0.717, 1.165) is 5.56 Å². The average molecular weight is 248 g/mol. The second-order valence-electron chi connectivity index (χ2n) is 4.46. The van der Waals surface area contributed by atoms with Gasteiger partial charge in [0, 0.05) is 11.6 Å². The summed E-state index contributed by atoms with van der Waals surface area (Å²) in [6.07, 6.45) is 6.50. The van der Waals surface area contributed by atoms with Crippen LogP contribution in [0.15, 0.2) is 28.9 Å². The summed E-state index contributed by atoms with van der Waals surface area (Å²) in [5.74, 6) is -0.758. The summed E-state index contributed by atoms with van der Waals surface area (Å²) in [7, 11) is 0. The molecule has 1 aliphatic carbocycles. The summed E-state index contributed by atoms with van der Waals surface area (Å²) in [4.78, 5) is 23.3. The van der Waals surface area contributed by atoms with Crippen molar-refractivity contribution >= 4 is 11.8 Å². The SMILES string of the molecule is Cc1ccoc1C(=O)N[C@@H]1CC=CC[C@H]1C(N)=O. The number of allylic oxidation sites excluding steroid dienone is 1. The van der Waals surface area contributed by atoms with Gasteiger partial charge in [-0.05, 0) is 25.8 Å². The van der Waals surface area contributed by atoms with Crippen molar-refractivity contribution in [3.8, 4) is 0 Å². The lowest BCUT2D eigenvalue weighted by molar-refractivity contribution is -0.122. The first-order valence-corrected chi connectivity index (χ1v) is 5.89. The molecule has 0 spiro atoms. The predicted molar refractivity (Wildman–Crippen MR) is 65.8 cm³/mol. The third-order valence-electron chi connectivity index (χ3n) is 3.18. The van der Waals surface area contributed by atoms with E-state index in [-0.39, 0.29) is 29.5 Å². The van der Waals surface area contributed by atoms with Crippen molar-refractivity contribution in [3.05, 3.63) is 35.8 Å². The standard InChI is InChI=1S/C13H16N2O3/c1-8-6-7-18-11(8)13(17)15-10-5-3-2-4-9(10)12(14)16/h2-3,6-7,9-10H,4-5H2,1H3,(H2,14,16)(H,15,17)/t9-,10-/m1/s1. The highest BCUT2D eigenvalue weighted by Gasteiger charge is 2.29. The highest BCUT2D eigenvalue weighted by molar-refractivity contribution is 5.93. The minimum atomic E-state index is -0.388.